The normalized spacial score (nSPS) is 14.4. The Morgan fingerprint density at radius 3 is 2.26 bits per heavy atom. The van der Waals surface area contributed by atoms with Crippen LogP contribution in [0.3, 0.4) is 0 Å². The summed E-state index contributed by atoms with van der Waals surface area (Å²) in [7, 11) is 0. The maximum absolute atomic E-state index is 12.8. The molecule has 2 rings (SSSR count). The number of aromatic amines is 1. The van der Waals surface area contributed by atoms with Gasteiger partial charge in [0, 0.05) is 29.9 Å². The molecule has 2 aromatic rings. The number of hydrogen-bond donors (Lipinski definition) is 7. The Balaban J connectivity index is 2.12. The van der Waals surface area contributed by atoms with E-state index in [0.29, 0.717) is 0 Å². The van der Waals surface area contributed by atoms with Gasteiger partial charge >= 0.3 is 5.97 Å². The fourth-order valence-corrected chi connectivity index (χ4v) is 3.22. The minimum atomic E-state index is -1.23. The number of primary amides is 1. The van der Waals surface area contributed by atoms with Crippen molar-refractivity contribution < 1.29 is 29.1 Å². The number of hydrogen-bond acceptors (Lipinski definition) is 6. The van der Waals surface area contributed by atoms with Gasteiger partial charge in [-0.1, -0.05) is 18.2 Å². The first-order valence-corrected chi connectivity index (χ1v) is 10.7. The van der Waals surface area contributed by atoms with E-state index in [1.165, 1.54) is 13.8 Å². The molecule has 34 heavy (non-hydrogen) atoms. The molecule has 1 aromatic carbocycles. The third-order valence-electron chi connectivity index (χ3n) is 5.25. The number of carboxylic acid groups (broad SMARTS) is 1. The number of fused-ring (bicyclic) bond motifs is 1. The van der Waals surface area contributed by atoms with Crippen LogP contribution in [0.15, 0.2) is 30.5 Å². The molecule has 9 N–H and O–H groups in total. The molecule has 0 saturated carbocycles. The monoisotopic (exact) mass is 474 g/mol. The summed E-state index contributed by atoms with van der Waals surface area (Å²) in [4.78, 5) is 62.9. The van der Waals surface area contributed by atoms with Crippen molar-refractivity contribution in [3.63, 3.8) is 0 Å². The van der Waals surface area contributed by atoms with Crippen LogP contribution in [0.2, 0.25) is 0 Å². The zero-order valence-electron chi connectivity index (χ0n) is 19.0. The van der Waals surface area contributed by atoms with Crippen LogP contribution in [-0.4, -0.2) is 63.9 Å². The molecule has 12 nitrogen and oxygen atoms in total. The lowest BCUT2D eigenvalue weighted by Gasteiger charge is -2.23. The lowest BCUT2D eigenvalue weighted by Crippen LogP contribution is -2.56. The van der Waals surface area contributed by atoms with Crippen molar-refractivity contribution in [1.29, 1.82) is 0 Å². The van der Waals surface area contributed by atoms with E-state index in [1.54, 1.807) is 6.20 Å². The maximum atomic E-state index is 12.8. The summed E-state index contributed by atoms with van der Waals surface area (Å²) in [6, 6.07) is 3.02. The predicted octanol–water partition coefficient (Wildman–Crippen LogP) is -1.12. The molecule has 12 heteroatoms. The second kappa shape index (κ2) is 11.8. The second-order valence-corrected chi connectivity index (χ2v) is 8.04. The van der Waals surface area contributed by atoms with E-state index in [4.69, 9.17) is 16.6 Å². The molecule has 0 aliphatic rings. The summed E-state index contributed by atoms with van der Waals surface area (Å²) in [5.41, 5.74) is 12.3. The third kappa shape index (κ3) is 7.30. The summed E-state index contributed by atoms with van der Waals surface area (Å²) in [5, 5.41) is 17.3. The highest BCUT2D eigenvalue weighted by molar-refractivity contribution is 5.94. The number of nitrogens with one attached hydrogen (secondary N) is 4. The molecule has 4 atom stereocenters. The van der Waals surface area contributed by atoms with Crippen molar-refractivity contribution in [2.45, 2.75) is 57.3 Å². The van der Waals surface area contributed by atoms with Gasteiger partial charge in [-0.15, -0.1) is 0 Å². The molecule has 1 heterocycles. The highest BCUT2D eigenvalue weighted by Gasteiger charge is 2.28. The molecule has 184 valence electrons. The number of carbonyl (C=O) groups is 5. The van der Waals surface area contributed by atoms with Gasteiger partial charge in [-0.25, -0.2) is 0 Å². The molecule has 4 unspecified atom stereocenters. The Labute approximate surface area is 195 Å². The van der Waals surface area contributed by atoms with Gasteiger partial charge in [-0.05, 0) is 31.9 Å². The van der Waals surface area contributed by atoms with E-state index in [2.05, 4.69) is 20.9 Å². The van der Waals surface area contributed by atoms with Crippen molar-refractivity contribution in [2.24, 2.45) is 11.5 Å². The molecule has 0 aliphatic heterocycles. The molecule has 4 amide bonds. The van der Waals surface area contributed by atoms with Gasteiger partial charge in [0.05, 0.1) is 6.04 Å². The zero-order valence-corrected chi connectivity index (χ0v) is 19.0. The lowest BCUT2D eigenvalue weighted by molar-refractivity contribution is -0.141. The standard InChI is InChI=1S/C22H30N6O6/c1-11(26-20(31)15(23)7-8-18(24)29)19(30)28-17(21(32)27-12(2)22(33)34)9-13-10-25-16-6-4-3-5-14(13)16/h3-6,10-12,15,17,25H,7-9,23H2,1-2H3,(H2,24,29)(H,26,31)(H,27,32)(H,28,30)(H,33,34). The number of nitrogens with two attached hydrogens (primary N) is 2. The van der Waals surface area contributed by atoms with Crippen LogP contribution < -0.4 is 27.4 Å². The van der Waals surface area contributed by atoms with Gasteiger partial charge < -0.3 is 37.5 Å². The zero-order chi connectivity index (χ0) is 25.4. The number of aliphatic carboxylic acids is 1. The number of para-hydroxylation sites is 1. The summed E-state index contributed by atoms with van der Waals surface area (Å²) in [6.45, 7) is 2.72. The fraction of sp³-hybridized carbons (Fsp3) is 0.409. The number of rotatable bonds is 12. The smallest absolute Gasteiger partial charge is 0.325 e. The number of benzene rings is 1. The average molecular weight is 475 g/mol. The SMILES string of the molecule is CC(NC(=O)C(Cc1c[nH]c2ccccc12)NC(=O)C(C)NC(=O)C(N)CCC(N)=O)C(=O)O. The molecule has 0 spiro atoms. The lowest BCUT2D eigenvalue weighted by atomic mass is 10.0. The fourth-order valence-electron chi connectivity index (χ4n) is 3.22. The van der Waals surface area contributed by atoms with E-state index in [1.807, 2.05) is 24.3 Å². The van der Waals surface area contributed by atoms with Crippen molar-refractivity contribution in [2.75, 3.05) is 0 Å². The molecule has 1 aromatic heterocycles. The summed E-state index contributed by atoms with van der Waals surface area (Å²) in [5.74, 6) is -3.84. The first kappa shape index (κ1) is 26.3. The molecule has 0 aliphatic carbocycles. The highest BCUT2D eigenvalue weighted by atomic mass is 16.4. The van der Waals surface area contributed by atoms with Crippen molar-refractivity contribution in [3.05, 3.63) is 36.0 Å². The Hall–Kier alpha value is -3.93. The minimum Gasteiger partial charge on any atom is -0.480 e. The summed E-state index contributed by atoms with van der Waals surface area (Å²) in [6.07, 6.45) is 1.73. The minimum absolute atomic E-state index is 0.0220. The van der Waals surface area contributed by atoms with E-state index >= 15 is 0 Å². The van der Waals surface area contributed by atoms with Gasteiger partial charge in [0.2, 0.25) is 23.6 Å². The third-order valence-corrected chi connectivity index (χ3v) is 5.25. The number of aromatic nitrogens is 1. The van der Waals surface area contributed by atoms with Crippen LogP contribution in [0.1, 0.15) is 32.3 Å². The molecular formula is C22H30N6O6. The average Bonchev–Trinajstić information content (AvgIpc) is 3.19. The Bertz CT molecular complexity index is 1070. The first-order chi connectivity index (χ1) is 16.0. The van der Waals surface area contributed by atoms with Gasteiger partial charge in [-0.2, -0.15) is 0 Å². The number of amides is 4. The molecular weight excluding hydrogens is 444 g/mol. The Kier molecular flexibility index (Phi) is 9.13. The van der Waals surface area contributed by atoms with Gasteiger partial charge in [0.15, 0.2) is 0 Å². The highest BCUT2D eigenvalue weighted by Crippen LogP contribution is 2.19. The molecule has 0 saturated heterocycles. The van der Waals surface area contributed by atoms with E-state index in [-0.39, 0.29) is 19.3 Å². The van der Waals surface area contributed by atoms with Crippen LogP contribution in [0, 0.1) is 0 Å². The quantitative estimate of drug-likeness (QED) is 0.201. The number of carbonyl (C=O) groups excluding carboxylic acids is 4. The summed E-state index contributed by atoms with van der Waals surface area (Å²) < 4.78 is 0. The maximum Gasteiger partial charge on any atom is 0.325 e. The first-order valence-electron chi connectivity index (χ1n) is 10.7. The number of carboxylic acids is 1. The van der Waals surface area contributed by atoms with Crippen molar-refractivity contribution in [3.8, 4) is 0 Å². The van der Waals surface area contributed by atoms with E-state index < -0.39 is 53.8 Å². The van der Waals surface area contributed by atoms with Crippen LogP contribution in [0.4, 0.5) is 0 Å². The Morgan fingerprint density at radius 1 is 0.971 bits per heavy atom. The topological polar surface area (TPSA) is 210 Å². The van der Waals surface area contributed by atoms with E-state index in [9.17, 15) is 24.0 Å². The second-order valence-electron chi connectivity index (χ2n) is 8.04. The van der Waals surface area contributed by atoms with Gasteiger partial charge in [-0.3, -0.25) is 24.0 Å². The van der Waals surface area contributed by atoms with Crippen molar-refractivity contribution in [1.82, 2.24) is 20.9 Å². The molecule has 0 fully saturated rings. The largest absolute Gasteiger partial charge is 0.480 e. The van der Waals surface area contributed by atoms with Crippen LogP contribution in [-0.2, 0) is 30.4 Å². The van der Waals surface area contributed by atoms with Crippen LogP contribution in [0.5, 0.6) is 0 Å². The van der Waals surface area contributed by atoms with Gasteiger partial charge in [0.25, 0.3) is 0 Å². The molecule has 0 radical (unpaired) electrons. The van der Waals surface area contributed by atoms with Crippen LogP contribution in [0.25, 0.3) is 10.9 Å². The molecule has 0 bridgehead atoms. The van der Waals surface area contributed by atoms with Crippen LogP contribution >= 0.6 is 0 Å². The van der Waals surface area contributed by atoms with E-state index in [0.717, 1.165) is 16.5 Å². The number of H-pyrrole nitrogens is 1. The van der Waals surface area contributed by atoms with Crippen molar-refractivity contribution >= 4 is 40.5 Å². The Morgan fingerprint density at radius 2 is 1.62 bits per heavy atom. The van der Waals surface area contributed by atoms with Gasteiger partial charge in [0.1, 0.15) is 18.1 Å². The summed E-state index contributed by atoms with van der Waals surface area (Å²) >= 11 is 0. The predicted molar refractivity (Wildman–Crippen MR) is 123 cm³/mol.